The number of aryl methyl sites for hydroxylation is 2. The smallest absolute Gasteiger partial charge is 0.224 e. The Morgan fingerprint density at radius 1 is 1.32 bits per heavy atom. The molecule has 1 amide bonds. The zero-order chi connectivity index (χ0) is 13.8. The molecule has 2 rings (SSSR count). The van der Waals surface area contributed by atoms with Crippen molar-refractivity contribution < 1.29 is 9.21 Å². The number of fused-ring (bicyclic) bond motifs is 1. The average Bonchev–Trinajstić information content (AvgIpc) is 2.78. The second-order valence-corrected chi connectivity index (χ2v) is 5.03. The molecule has 0 fully saturated rings. The SMILES string of the molecule is CCCCNC(=O)Cc1coc2c(C)c(C)ccc12. The van der Waals surface area contributed by atoms with Gasteiger partial charge in [0.05, 0.1) is 12.7 Å². The van der Waals surface area contributed by atoms with Crippen LogP contribution in [0.25, 0.3) is 11.0 Å². The van der Waals surface area contributed by atoms with E-state index in [0.29, 0.717) is 6.42 Å². The summed E-state index contributed by atoms with van der Waals surface area (Å²) in [6.45, 7) is 6.98. The standard InChI is InChI=1S/C16H21NO2/c1-4-5-8-17-15(18)9-13-10-19-16-12(3)11(2)6-7-14(13)16/h6-7,10H,4-5,8-9H2,1-3H3,(H,17,18). The molecule has 3 heteroatoms. The van der Waals surface area contributed by atoms with Crippen molar-refractivity contribution in [3.8, 4) is 0 Å². The van der Waals surface area contributed by atoms with Crippen molar-refractivity contribution in [2.75, 3.05) is 6.54 Å². The third-order valence-corrected chi connectivity index (χ3v) is 3.55. The third kappa shape index (κ3) is 2.98. The van der Waals surface area contributed by atoms with Gasteiger partial charge in [-0.05, 0) is 31.4 Å². The minimum Gasteiger partial charge on any atom is -0.464 e. The molecule has 0 atom stereocenters. The largest absolute Gasteiger partial charge is 0.464 e. The lowest BCUT2D eigenvalue weighted by Gasteiger charge is -2.03. The van der Waals surface area contributed by atoms with Crippen molar-refractivity contribution in [2.45, 2.75) is 40.0 Å². The van der Waals surface area contributed by atoms with Crippen LogP contribution in [-0.4, -0.2) is 12.5 Å². The molecule has 1 aromatic carbocycles. The van der Waals surface area contributed by atoms with Gasteiger partial charge in [-0.1, -0.05) is 25.5 Å². The van der Waals surface area contributed by atoms with Gasteiger partial charge in [0.15, 0.2) is 0 Å². The second-order valence-electron chi connectivity index (χ2n) is 5.03. The van der Waals surface area contributed by atoms with E-state index in [-0.39, 0.29) is 5.91 Å². The van der Waals surface area contributed by atoms with Crippen LogP contribution in [-0.2, 0) is 11.2 Å². The third-order valence-electron chi connectivity index (χ3n) is 3.55. The molecule has 19 heavy (non-hydrogen) atoms. The highest BCUT2D eigenvalue weighted by Gasteiger charge is 2.12. The maximum absolute atomic E-state index is 11.8. The molecule has 102 valence electrons. The number of benzene rings is 1. The number of unbranched alkanes of at least 4 members (excludes halogenated alkanes) is 1. The van der Waals surface area contributed by atoms with Crippen molar-refractivity contribution in [3.63, 3.8) is 0 Å². The molecule has 2 aromatic rings. The van der Waals surface area contributed by atoms with Gasteiger partial charge >= 0.3 is 0 Å². The molecule has 0 saturated carbocycles. The van der Waals surface area contributed by atoms with E-state index in [1.807, 2.05) is 13.0 Å². The molecule has 0 saturated heterocycles. The number of hydrogen-bond donors (Lipinski definition) is 1. The molecular formula is C16H21NO2. The normalized spacial score (nSPS) is 10.9. The van der Waals surface area contributed by atoms with Crippen LogP contribution in [0.1, 0.15) is 36.5 Å². The van der Waals surface area contributed by atoms with E-state index in [1.165, 1.54) is 5.56 Å². The molecule has 0 aliphatic heterocycles. The first-order chi connectivity index (χ1) is 9.13. The summed E-state index contributed by atoms with van der Waals surface area (Å²) >= 11 is 0. The predicted molar refractivity (Wildman–Crippen MR) is 77.3 cm³/mol. The number of furan rings is 1. The van der Waals surface area contributed by atoms with E-state index >= 15 is 0 Å². The highest BCUT2D eigenvalue weighted by molar-refractivity contribution is 5.89. The highest BCUT2D eigenvalue weighted by atomic mass is 16.3. The van der Waals surface area contributed by atoms with Gasteiger partial charge in [0.1, 0.15) is 5.58 Å². The molecule has 0 aliphatic rings. The number of amides is 1. The molecule has 0 unspecified atom stereocenters. The first-order valence-electron chi connectivity index (χ1n) is 6.86. The Bertz CT molecular complexity index is 584. The summed E-state index contributed by atoms with van der Waals surface area (Å²) < 4.78 is 5.61. The molecule has 0 aliphatic carbocycles. The Morgan fingerprint density at radius 3 is 2.84 bits per heavy atom. The van der Waals surface area contributed by atoms with Crippen LogP contribution in [0.4, 0.5) is 0 Å². The van der Waals surface area contributed by atoms with Gasteiger partial charge < -0.3 is 9.73 Å². The maximum atomic E-state index is 11.8. The van der Waals surface area contributed by atoms with Gasteiger partial charge in [0, 0.05) is 17.5 Å². The first-order valence-corrected chi connectivity index (χ1v) is 6.86. The molecule has 0 radical (unpaired) electrons. The second kappa shape index (κ2) is 5.91. The lowest BCUT2D eigenvalue weighted by atomic mass is 10.0. The van der Waals surface area contributed by atoms with E-state index < -0.39 is 0 Å². The summed E-state index contributed by atoms with van der Waals surface area (Å²) in [5.74, 6) is 0.0642. The fraction of sp³-hybridized carbons (Fsp3) is 0.438. The average molecular weight is 259 g/mol. The molecule has 0 bridgehead atoms. The monoisotopic (exact) mass is 259 g/mol. The van der Waals surface area contributed by atoms with Crippen LogP contribution >= 0.6 is 0 Å². The number of rotatable bonds is 5. The van der Waals surface area contributed by atoms with Gasteiger partial charge in [0.2, 0.25) is 5.91 Å². The summed E-state index contributed by atoms with van der Waals surface area (Å²) in [6, 6.07) is 4.11. The molecule has 0 spiro atoms. The Kier molecular flexibility index (Phi) is 4.25. The van der Waals surface area contributed by atoms with Crippen LogP contribution in [0.2, 0.25) is 0 Å². The Morgan fingerprint density at radius 2 is 2.11 bits per heavy atom. The lowest BCUT2D eigenvalue weighted by Crippen LogP contribution is -2.25. The zero-order valence-corrected chi connectivity index (χ0v) is 11.9. The van der Waals surface area contributed by atoms with Crippen LogP contribution in [0, 0.1) is 13.8 Å². The van der Waals surface area contributed by atoms with Gasteiger partial charge in [0.25, 0.3) is 0 Å². The van der Waals surface area contributed by atoms with E-state index in [2.05, 4.69) is 25.2 Å². The van der Waals surface area contributed by atoms with Gasteiger partial charge in [-0.15, -0.1) is 0 Å². The van der Waals surface area contributed by atoms with Crippen molar-refractivity contribution in [1.29, 1.82) is 0 Å². The minimum absolute atomic E-state index is 0.0642. The van der Waals surface area contributed by atoms with E-state index in [4.69, 9.17) is 4.42 Å². The minimum atomic E-state index is 0.0642. The topological polar surface area (TPSA) is 42.2 Å². The van der Waals surface area contributed by atoms with Gasteiger partial charge in [-0.25, -0.2) is 0 Å². The maximum Gasteiger partial charge on any atom is 0.224 e. The summed E-state index contributed by atoms with van der Waals surface area (Å²) in [4.78, 5) is 11.8. The summed E-state index contributed by atoms with van der Waals surface area (Å²) in [5, 5.41) is 3.98. The zero-order valence-electron chi connectivity index (χ0n) is 11.9. The van der Waals surface area contributed by atoms with Crippen LogP contribution in [0.5, 0.6) is 0 Å². The number of carbonyl (C=O) groups is 1. The number of hydrogen-bond acceptors (Lipinski definition) is 2. The summed E-state index contributed by atoms with van der Waals surface area (Å²) in [7, 11) is 0. The van der Waals surface area contributed by atoms with Crippen molar-refractivity contribution in [3.05, 3.63) is 35.1 Å². The van der Waals surface area contributed by atoms with Crippen LogP contribution in [0.3, 0.4) is 0 Å². The highest BCUT2D eigenvalue weighted by Crippen LogP contribution is 2.26. The fourth-order valence-electron chi connectivity index (χ4n) is 2.17. The van der Waals surface area contributed by atoms with E-state index in [0.717, 1.165) is 41.5 Å². The summed E-state index contributed by atoms with van der Waals surface area (Å²) in [6.07, 6.45) is 4.21. The lowest BCUT2D eigenvalue weighted by molar-refractivity contribution is -0.120. The van der Waals surface area contributed by atoms with Crippen LogP contribution < -0.4 is 5.32 Å². The van der Waals surface area contributed by atoms with E-state index in [9.17, 15) is 4.79 Å². The Labute approximate surface area is 114 Å². The van der Waals surface area contributed by atoms with Crippen molar-refractivity contribution in [2.24, 2.45) is 0 Å². The number of carbonyl (C=O) groups excluding carboxylic acids is 1. The Hall–Kier alpha value is -1.77. The molecule has 3 nitrogen and oxygen atoms in total. The summed E-state index contributed by atoms with van der Waals surface area (Å²) in [5.41, 5.74) is 4.22. The van der Waals surface area contributed by atoms with E-state index in [1.54, 1.807) is 6.26 Å². The van der Waals surface area contributed by atoms with Crippen molar-refractivity contribution in [1.82, 2.24) is 5.32 Å². The molecule has 1 aromatic heterocycles. The van der Waals surface area contributed by atoms with Gasteiger partial charge in [-0.3, -0.25) is 4.79 Å². The van der Waals surface area contributed by atoms with Crippen LogP contribution in [0.15, 0.2) is 22.8 Å². The Balaban J connectivity index is 2.13. The quantitative estimate of drug-likeness (QED) is 0.835. The molecule has 1 N–H and O–H groups in total. The number of nitrogens with one attached hydrogen (secondary N) is 1. The van der Waals surface area contributed by atoms with Crippen molar-refractivity contribution >= 4 is 16.9 Å². The molecular weight excluding hydrogens is 238 g/mol. The molecule has 1 heterocycles. The van der Waals surface area contributed by atoms with Gasteiger partial charge in [-0.2, -0.15) is 0 Å². The first kappa shape index (κ1) is 13.7. The predicted octanol–water partition coefficient (Wildman–Crippen LogP) is 3.51. The fourth-order valence-corrected chi connectivity index (χ4v) is 2.17.